The highest BCUT2D eigenvalue weighted by molar-refractivity contribution is 6.27. The van der Waals surface area contributed by atoms with Crippen LogP contribution in [0.5, 0.6) is 0 Å². The van der Waals surface area contributed by atoms with Crippen LogP contribution in [0, 0.1) is 11.8 Å². The lowest BCUT2D eigenvalue weighted by Gasteiger charge is -2.54. The molecule has 1 aliphatic carbocycles. The molecule has 2 bridgehead atoms. The molecule has 0 aromatic heterocycles. The van der Waals surface area contributed by atoms with Crippen molar-refractivity contribution in [3.63, 3.8) is 0 Å². The summed E-state index contributed by atoms with van der Waals surface area (Å²) in [5, 5.41) is 0. The van der Waals surface area contributed by atoms with Crippen LogP contribution < -0.4 is 0 Å². The van der Waals surface area contributed by atoms with Gasteiger partial charge in [-0.15, -0.1) is 0 Å². The molecule has 2 saturated heterocycles. The van der Waals surface area contributed by atoms with Gasteiger partial charge in [0.2, 0.25) is 5.91 Å². The van der Waals surface area contributed by atoms with Gasteiger partial charge in [-0.25, -0.2) is 0 Å². The van der Waals surface area contributed by atoms with E-state index in [0.717, 1.165) is 67.6 Å². The minimum Gasteiger partial charge on any atom is -0.333 e. The zero-order valence-electron chi connectivity index (χ0n) is 30.2. The van der Waals surface area contributed by atoms with Gasteiger partial charge in [0.1, 0.15) is 12.1 Å². The first-order valence-electron chi connectivity index (χ1n) is 18.6. The molecule has 4 aromatic rings. The Hall–Kier alpha value is -5.87. The maximum absolute atomic E-state index is 13.6. The molecule has 3 atom stereocenters. The van der Waals surface area contributed by atoms with Crippen molar-refractivity contribution in [1.82, 2.24) is 9.80 Å². The van der Waals surface area contributed by atoms with Crippen LogP contribution in [0.1, 0.15) is 77.7 Å². The minimum absolute atomic E-state index is 0.207. The van der Waals surface area contributed by atoms with Gasteiger partial charge in [0.15, 0.2) is 11.8 Å². The van der Waals surface area contributed by atoms with Gasteiger partial charge in [-0.3, -0.25) is 24.4 Å². The number of hydrogen-bond donors (Lipinski definition) is 0. The summed E-state index contributed by atoms with van der Waals surface area (Å²) in [4.78, 5) is 49.1. The Morgan fingerprint density at radius 2 is 1.51 bits per heavy atom. The third kappa shape index (κ3) is 5.74. The Morgan fingerprint density at radius 3 is 2.28 bits per heavy atom. The lowest BCUT2D eigenvalue weighted by molar-refractivity contribution is -0.137. The average molecular weight is 699 g/mol. The molecule has 2 fully saturated rings. The Labute approximate surface area is 311 Å². The van der Waals surface area contributed by atoms with Gasteiger partial charge in [-0.2, -0.15) is 0 Å². The summed E-state index contributed by atoms with van der Waals surface area (Å²) in [5.41, 5.74) is 9.71. The van der Waals surface area contributed by atoms with Crippen LogP contribution in [-0.2, 0) is 16.0 Å². The van der Waals surface area contributed by atoms with Crippen LogP contribution in [-0.4, -0.2) is 76.1 Å². The van der Waals surface area contributed by atoms with Gasteiger partial charge >= 0.3 is 0 Å². The van der Waals surface area contributed by atoms with Gasteiger partial charge < -0.3 is 9.80 Å². The number of rotatable bonds is 2. The first-order valence-corrected chi connectivity index (χ1v) is 18.6. The van der Waals surface area contributed by atoms with Gasteiger partial charge in [-0.1, -0.05) is 103 Å². The highest BCUT2D eigenvalue weighted by Gasteiger charge is 2.67. The second-order valence-electron chi connectivity index (χ2n) is 14.5. The largest absolute Gasteiger partial charge is 0.333 e. The summed E-state index contributed by atoms with van der Waals surface area (Å²) in [7, 11) is 0. The number of amides is 2. The van der Waals surface area contributed by atoms with Crippen LogP contribution in [0.3, 0.4) is 0 Å². The second-order valence-corrected chi connectivity index (χ2v) is 14.5. The summed E-state index contributed by atoms with van der Waals surface area (Å²) >= 11 is 0. The topological polar surface area (TPSA) is 82.4 Å². The smallest absolute Gasteiger partial charge is 0.256 e. The second kappa shape index (κ2) is 13.9. The molecule has 6 heterocycles. The lowest BCUT2D eigenvalue weighted by atomic mass is 9.65. The number of hydrogen-bond acceptors (Lipinski definition) is 5. The van der Waals surface area contributed by atoms with E-state index in [1.54, 1.807) is 6.07 Å². The Morgan fingerprint density at radius 1 is 0.792 bits per heavy atom. The third-order valence-corrected chi connectivity index (χ3v) is 11.5. The monoisotopic (exact) mass is 698 g/mol. The molecule has 6 aliphatic heterocycles. The van der Waals surface area contributed by atoms with E-state index < -0.39 is 5.54 Å². The molecule has 11 rings (SSSR count). The number of fused-ring (bicyclic) bond motifs is 2. The number of dihydropyridines is 1. The van der Waals surface area contributed by atoms with E-state index in [0.29, 0.717) is 24.6 Å². The van der Waals surface area contributed by atoms with E-state index >= 15 is 0 Å². The van der Waals surface area contributed by atoms with Crippen LogP contribution in [0.25, 0.3) is 11.1 Å². The molecule has 7 heteroatoms. The molecule has 2 unspecified atom stereocenters. The van der Waals surface area contributed by atoms with Crippen LogP contribution in [0.2, 0.25) is 0 Å². The molecule has 53 heavy (non-hydrogen) atoms. The standard InChI is InChI=1S/C23H20N2O.C15H10O.C8H12N2O/c1-15-23-12-7-13-25(23)21(26)22(24-15)14-17-10-5-6-11-18(17)20(22)19(23)16-8-3-2-4-9-16;16-12-15-9-5-4-8-14(15)11-10-13-6-2-1-3-7-13;1-6-7-3-2-4-10(7)8(11)5-9-6/h2-6,8-11H,7,12-14H2,1H3;1-9,12H;7H,2-5H2,1H3/t;;7-/m..0/s1. The summed E-state index contributed by atoms with van der Waals surface area (Å²) in [6, 6.07) is 36.5. The SMILES string of the molecule is CC1=NC23Cc4ccccc4C2=C(c2ccccc2)C12CCCN2C3=O.CC1=NCC(=O)N2CCC[C@@H]12.O=Cc1ccccc1C#Cc1ccccc1. The number of nitrogens with zero attached hydrogens (tertiary/aromatic N) is 4. The number of carbonyl (C=O) groups excluding carboxylic acids is 3. The van der Waals surface area contributed by atoms with Crippen molar-refractivity contribution in [1.29, 1.82) is 0 Å². The molecule has 0 N–H and O–H groups in total. The fourth-order valence-corrected chi connectivity index (χ4v) is 9.14. The quantitative estimate of drug-likeness (QED) is 0.166. The Bertz CT molecular complexity index is 2260. The predicted molar refractivity (Wildman–Crippen MR) is 210 cm³/mol. The van der Waals surface area contributed by atoms with E-state index in [2.05, 4.69) is 83.3 Å². The summed E-state index contributed by atoms with van der Waals surface area (Å²) < 4.78 is 0. The van der Waals surface area contributed by atoms with Gasteiger partial charge in [0.05, 0.1) is 6.04 Å². The molecule has 264 valence electrons. The molecule has 0 saturated carbocycles. The first kappa shape index (κ1) is 34.2. The van der Waals surface area contributed by atoms with Gasteiger partial charge in [0.25, 0.3) is 5.91 Å². The lowest BCUT2D eigenvalue weighted by Crippen LogP contribution is -2.67. The van der Waals surface area contributed by atoms with Crippen molar-refractivity contribution in [3.05, 3.63) is 143 Å². The van der Waals surface area contributed by atoms with E-state index in [1.165, 1.54) is 27.8 Å². The zero-order valence-corrected chi connectivity index (χ0v) is 30.2. The Kier molecular flexibility index (Phi) is 9.00. The maximum Gasteiger partial charge on any atom is 0.256 e. The summed E-state index contributed by atoms with van der Waals surface area (Å²) in [5.74, 6) is 6.45. The summed E-state index contributed by atoms with van der Waals surface area (Å²) in [6.45, 7) is 6.32. The first-order chi connectivity index (χ1) is 25.9. The fraction of sp³-hybridized carbons (Fsp3) is 0.283. The van der Waals surface area contributed by atoms with E-state index in [4.69, 9.17) is 4.99 Å². The number of aldehydes is 1. The molecule has 7 aliphatic rings. The van der Waals surface area contributed by atoms with Crippen LogP contribution in [0.4, 0.5) is 0 Å². The molecule has 4 aromatic carbocycles. The molecule has 2 amide bonds. The minimum atomic E-state index is -0.745. The van der Waals surface area contributed by atoms with Crippen molar-refractivity contribution < 1.29 is 14.4 Å². The molecule has 2 spiro atoms. The van der Waals surface area contributed by atoms with E-state index in [9.17, 15) is 14.4 Å². The zero-order chi connectivity index (χ0) is 36.6. The normalized spacial score (nSPS) is 24.2. The number of carbonyl (C=O) groups is 3. The van der Waals surface area contributed by atoms with E-state index in [-0.39, 0.29) is 17.4 Å². The molecular formula is C46H42N4O3. The third-order valence-electron chi connectivity index (χ3n) is 11.5. The van der Waals surface area contributed by atoms with Crippen molar-refractivity contribution in [3.8, 4) is 11.8 Å². The fourth-order valence-electron chi connectivity index (χ4n) is 9.14. The van der Waals surface area contributed by atoms with E-state index in [1.807, 2.05) is 60.4 Å². The molecular weight excluding hydrogens is 657 g/mol. The maximum atomic E-state index is 13.6. The van der Waals surface area contributed by atoms with Crippen LogP contribution in [0.15, 0.2) is 119 Å². The number of aliphatic imine (C=N–C) groups is 2. The Balaban J connectivity index is 0.000000126. The highest BCUT2D eigenvalue weighted by atomic mass is 16.2. The van der Waals surface area contributed by atoms with Crippen molar-refractivity contribution in [2.24, 2.45) is 9.98 Å². The molecule has 0 radical (unpaired) electrons. The average Bonchev–Trinajstić information content (AvgIpc) is 3.96. The van der Waals surface area contributed by atoms with Gasteiger partial charge in [0, 0.05) is 53.2 Å². The number of benzene rings is 4. The van der Waals surface area contributed by atoms with Gasteiger partial charge in [-0.05, 0) is 80.0 Å². The predicted octanol–water partition coefficient (Wildman–Crippen LogP) is 7.09. The summed E-state index contributed by atoms with van der Waals surface area (Å²) in [6.07, 6.45) is 5.79. The van der Waals surface area contributed by atoms with Crippen LogP contribution >= 0.6 is 0 Å². The highest BCUT2D eigenvalue weighted by Crippen LogP contribution is 2.61. The van der Waals surface area contributed by atoms with Crippen molar-refractivity contribution in [2.45, 2.75) is 63.1 Å². The molecule has 7 nitrogen and oxygen atoms in total. The van der Waals surface area contributed by atoms with Crippen molar-refractivity contribution >= 4 is 40.7 Å². The van der Waals surface area contributed by atoms with Crippen molar-refractivity contribution in [2.75, 3.05) is 19.6 Å².